The molecule has 0 aromatic heterocycles. The first kappa shape index (κ1) is 42.0. The van der Waals surface area contributed by atoms with Gasteiger partial charge in [0.05, 0.1) is 21.1 Å². The smallest absolute Gasteiger partial charge is 0.432 e. The van der Waals surface area contributed by atoms with E-state index in [1.807, 2.05) is 0 Å². The Kier molecular flexibility index (Phi) is 11.9. The number of carbonyl (C=O) groups excluding carboxylic acids is 4. The minimum atomic E-state index is -6.79. The van der Waals surface area contributed by atoms with Gasteiger partial charge in [-0.1, -0.05) is 51.1 Å². The summed E-state index contributed by atoms with van der Waals surface area (Å²) >= 11 is 0. The summed E-state index contributed by atoms with van der Waals surface area (Å²) in [7, 11) is -0.189. The number of hydrogen-bond acceptors (Lipinski definition) is 8. The van der Waals surface area contributed by atoms with Crippen molar-refractivity contribution >= 4 is 33.4 Å². The molecule has 0 heterocycles. The Labute approximate surface area is 302 Å². The zero-order valence-corrected chi connectivity index (χ0v) is 31.3. The summed E-state index contributed by atoms with van der Waals surface area (Å²) in [6, 6.07) is 10.6. The van der Waals surface area contributed by atoms with E-state index in [2.05, 4.69) is 63.1 Å². The number of hydrogen-bond donors (Lipinski definition) is 0. The van der Waals surface area contributed by atoms with Crippen LogP contribution in [0.1, 0.15) is 84.1 Å². The van der Waals surface area contributed by atoms with Crippen molar-refractivity contribution in [2.24, 2.45) is 46.3 Å². The molecule has 4 saturated carbocycles. The van der Waals surface area contributed by atoms with E-state index in [-0.39, 0.29) is 71.6 Å². The van der Waals surface area contributed by atoms with E-state index in [0.29, 0.717) is 32.1 Å². The Morgan fingerprint density at radius 2 is 1.60 bits per heavy atom. The Morgan fingerprint density at radius 1 is 0.981 bits per heavy atom. The Bertz CT molecular complexity index is 1630. The fourth-order valence-corrected chi connectivity index (χ4v) is 10.2. The van der Waals surface area contributed by atoms with E-state index >= 15 is 0 Å². The zero-order chi connectivity index (χ0) is 39.2. The summed E-state index contributed by atoms with van der Waals surface area (Å²) in [6.07, 6.45) is -8.53. The van der Waals surface area contributed by atoms with Crippen LogP contribution in [0.15, 0.2) is 30.3 Å². The van der Waals surface area contributed by atoms with E-state index in [1.54, 1.807) is 13.8 Å². The first-order valence-electron chi connectivity index (χ1n) is 17.7. The van der Waals surface area contributed by atoms with Gasteiger partial charge in [-0.2, -0.15) is 22.0 Å². The Balaban J connectivity index is 0.000000470. The molecule has 4 aliphatic rings. The Hall–Kier alpha value is -2.78. The number of benzene rings is 1. The van der Waals surface area contributed by atoms with E-state index in [1.165, 1.54) is 5.56 Å². The van der Waals surface area contributed by atoms with Crippen LogP contribution < -0.4 is 0 Å². The summed E-state index contributed by atoms with van der Waals surface area (Å²) in [4.78, 5) is 51.5. The van der Waals surface area contributed by atoms with Crippen LogP contribution >= 0.6 is 0 Å². The van der Waals surface area contributed by atoms with Gasteiger partial charge in [-0.25, -0.2) is 8.42 Å². The molecule has 5 rings (SSSR count). The van der Waals surface area contributed by atoms with Crippen LogP contribution in [0.4, 0.5) is 22.0 Å². The lowest BCUT2D eigenvalue weighted by molar-refractivity contribution is -0.884. The molecule has 4 fully saturated rings. The number of fused-ring (bicyclic) bond motifs is 5. The minimum absolute atomic E-state index is 0.0373. The highest BCUT2D eigenvalue weighted by atomic mass is 32.2. The number of halogens is 5. The lowest BCUT2D eigenvalue weighted by atomic mass is 9.44. The van der Waals surface area contributed by atoms with Crippen molar-refractivity contribution in [1.29, 1.82) is 0 Å². The highest BCUT2D eigenvalue weighted by molar-refractivity contribution is 7.86. The van der Waals surface area contributed by atoms with E-state index in [4.69, 9.17) is 0 Å². The number of ketones is 3. The number of ether oxygens (including phenoxy) is 1. The molecule has 0 spiro atoms. The predicted octanol–water partition coefficient (Wildman–Crippen LogP) is 6.49. The lowest BCUT2D eigenvalue weighted by Crippen LogP contribution is -2.60. The van der Waals surface area contributed by atoms with Crippen molar-refractivity contribution in [2.75, 3.05) is 21.1 Å². The van der Waals surface area contributed by atoms with Crippen LogP contribution in [0, 0.1) is 46.3 Å². The van der Waals surface area contributed by atoms with E-state index in [0.717, 1.165) is 11.0 Å². The number of rotatable bonds is 9. The van der Waals surface area contributed by atoms with Crippen LogP contribution in [-0.2, 0) is 40.6 Å². The fourth-order valence-electron chi connectivity index (χ4n) is 9.72. The van der Waals surface area contributed by atoms with Crippen molar-refractivity contribution in [1.82, 2.24) is 0 Å². The lowest BCUT2D eigenvalue weighted by Gasteiger charge is -2.58. The van der Waals surface area contributed by atoms with Crippen LogP contribution in [0.25, 0.3) is 0 Å². The second-order valence-electron chi connectivity index (χ2n) is 16.8. The molecule has 292 valence electrons. The molecule has 52 heavy (non-hydrogen) atoms. The van der Waals surface area contributed by atoms with Crippen LogP contribution in [0.3, 0.4) is 0 Å². The second kappa shape index (κ2) is 14.8. The molecule has 0 aliphatic heterocycles. The number of alkyl halides is 5. The van der Waals surface area contributed by atoms with Crippen molar-refractivity contribution in [3.63, 3.8) is 0 Å². The van der Waals surface area contributed by atoms with E-state index < -0.39 is 51.4 Å². The van der Waals surface area contributed by atoms with Gasteiger partial charge < -0.3 is 13.8 Å². The van der Waals surface area contributed by atoms with Gasteiger partial charge >= 0.3 is 17.4 Å². The highest BCUT2D eigenvalue weighted by Crippen LogP contribution is 2.66. The number of quaternary nitrogens is 1. The van der Waals surface area contributed by atoms with Crippen molar-refractivity contribution in [3.05, 3.63) is 35.9 Å². The standard InChI is InChI=1S/C27H35F5O8S.C10H16N/c1-13(4-7-21(36)40-23(26(28,29)30)27(31,32)41(37,38)39)16-5-6-17-22-18(12-20(35)25(16,17)3)24(2)9-8-15(33)10-14(24)11-19(22)34;1-11(2,3)9-10-7-5-4-6-8-10/h13-14,16-18,22-23H,4-12H2,1-3H3,(H,37,38,39);4-8H,9H2,1-3H3/q;+1/p-1/t13-,14?,16-,17?,18?,22?,23?,24+,25-;/m1./s1. The largest absolute Gasteiger partial charge is 0.743 e. The predicted molar refractivity (Wildman–Crippen MR) is 178 cm³/mol. The normalized spacial score (nSPS) is 32.1. The molecule has 0 radical (unpaired) electrons. The Morgan fingerprint density at radius 3 is 2.15 bits per heavy atom. The average molecular weight is 764 g/mol. The first-order chi connectivity index (χ1) is 23.7. The molecule has 0 bridgehead atoms. The van der Waals surface area contributed by atoms with Gasteiger partial charge in [-0.3, -0.25) is 19.2 Å². The van der Waals surface area contributed by atoms with E-state index in [9.17, 15) is 54.1 Å². The number of esters is 1. The maximum atomic E-state index is 13.8. The quantitative estimate of drug-likeness (QED) is 0.121. The van der Waals surface area contributed by atoms with Gasteiger partial charge in [0.25, 0.3) is 6.10 Å². The minimum Gasteiger partial charge on any atom is -0.743 e. The second-order valence-corrected chi connectivity index (χ2v) is 18.3. The summed E-state index contributed by atoms with van der Waals surface area (Å²) < 4.78 is 104. The highest BCUT2D eigenvalue weighted by Gasteiger charge is 2.66. The van der Waals surface area contributed by atoms with Gasteiger partial charge in [-0.05, 0) is 60.7 Å². The molecule has 5 unspecified atom stereocenters. The molecular weight excluding hydrogens is 713 g/mol. The summed E-state index contributed by atoms with van der Waals surface area (Å²) in [6.45, 7) is 6.63. The third-order valence-corrected chi connectivity index (χ3v) is 13.3. The third kappa shape index (κ3) is 8.46. The molecule has 9 atom stereocenters. The molecule has 1 aromatic rings. The number of carbonyl (C=O) groups is 4. The van der Waals surface area contributed by atoms with Crippen LogP contribution in [0.2, 0.25) is 0 Å². The molecule has 4 aliphatic carbocycles. The van der Waals surface area contributed by atoms with Crippen LogP contribution in [0.5, 0.6) is 0 Å². The number of nitrogens with zero attached hydrogens (tertiary/aromatic N) is 1. The molecular formula is C37H50F5NO8S. The topological polar surface area (TPSA) is 135 Å². The molecule has 15 heteroatoms. The number of Topliss-reactive ketones (excluding diaryl/α,β-unsaturated/α-hetero) is 3. The SMILES string of the molecule is C[C@H](CCC(=O)OC(C(F)(F)F)C(F)(F)S(=O)(=O)[O-])[C@H]1CCC2C3C(=O)CC4CC(=O)CC[C@]4(C)C3CC(=O)[C@@]21C.C[N+](C)(C)Cc1ccccc1. The van der Waals surface area contributed by atoms with Gasteiger partial charge in [0.2, 0.25) is 0 Å². The monoisotopic (exact) mass is 763 g/mol. The summed E-state index contributed by atoms with van der Waals surface area (Å²) in [5.74, 6) is -3.35. The molecule has 9 nitrogen and oxygen atoms in total. The summed E-state index contributed by atoms with van der Waals surface area (Å²) in [5, 5.41) is -5.92. The molecule has 0 amide bonds. The summed E-state index contributed by atoms with van der Waals surface area (Å²) in [5.41, 5.74) is 0.150. The van der Waals surface area contributed by atoms with Gasteiger partial charge in [0, 0.05) is 49.0 Å². The van der Waals surface area contributed by atoms with Crippen molar-refractivity contribution in [3.8, 4) is 0 Å². The van der Waals surface area contributed by atoms with Crippen LogP contribution in [-0.4, -0.2) is 79.5 Å². The maximum absolute atomic E-state index is 13.8. The zero-order valence-electron chi connectivity index (χ0n) is 30.5. The molecule has 0 N–H and O–H groups in total. The third-order valence-electron chi connectivity index (χ3n) is 12.4. The molecule has 1 aromatic carbocycles. The maximum Gasteiger partial charge on any atom is 0.432 e. The van der Waals surface area contributed by atoms with Crippen molar-refractivity contribution in [2.45, 2.75) is 103 Å². The van der Waals surface area contributed by atoms with Gasteiger partial charge in [0.1, 0.15) is 23.9 Å². The fraction of sp³-hybridized carbons (Fsp3) is 0.730. The average Bonchev–Trinajstić information content (AvgIpc) is 3.37. The van der Waals surface area contributed by atoms with Gasteiger partial charge in [0.15, 0.2) is 10.1 Å². The van der Waals surface area contributed by atoms with Crippen molar-refractivity contribution < 1.29 is 63.3 Å². The molecule has 0 saturated heterocycles. The van der Waals surface area contributed by atoms with Gasteiger partial charge in [-0.15, -0.1) is 0 Å². The first-order valence-corrected chi connectivity index (χ1v) is 19.2.